The lowest BCUT2D eigenvalue weighted by Crippen LogP contribution is -2.34. The third-order valence-corrected chi connectivity index (χ3v) is 7.05. The van der Waals surface area contributed by atoms with Crippen LogP contribution >= 0.6 is 0 Å². The third kappa shape index (κ3) is 11.9. The average molecular weight is 458 g/mol. The molecule has 3 N–H and O–H groups in total. The Hall–Kier alpha value is -1.93. The van der Waals surface area contributed by atoms with E-state index in [-0.39, 0.29) is 11.3 Å². The van der Waals surface area contributed by atoms with E-state index in [9.17, 15) is 28.2 Å². The van der Waals surface area contributed by atoms with Crippen molar-refractivity contribution in [2.75, 3.05) is 13.1 Å². The van der Waals surface area contributed by atoms with Gasteiger partial charge in [-0.05, 0) is 38.1 Å². The van der Waals surface area contributed by atoms with Gasteiger partial charge in [-0.3, -0.25) is 9.59 Å². The average Bonchev–Trinajstić information content (AvgIpc) is 2.73. The maximum absolute atomic E-state index is 12.6. The summed E-state index contributed by atoms with van der Waals surface area (Å²) in [5.41, 5.74) is 0. The second kappa shape index (κ2) is 16.7. The molecule has 0 saturated carbocycles. The van der Waals surface area contributed by atoms with E-state index in [0.29, 0.717) is 6.42 Å². The molecule has 7 nitrogen and oxygen atoms in total. The number of hydrogen-bond acceptors (Lipinski definition) is 5. The van der Waals surface area contributed by atoms with Crippen LogP contribution in [0.25, 0.3) is 0 Å². The Morgan fingerprint density at radius 1 is 0.871 bits per heavy atom. The zero-order valence-corrected chi connectivity index (χ0v) is 19.9. The zero-order valence-electron chi connectivity index (χ0n) is 19.0. The molecule has 2 unspecified atom stereocenters. The van der Waals surface area contributed by atoms with Crippen LogP contribution < -0.4 is 5.32 Å². The van der Waals surface area contributed by atoms with Gasteiger partial charge in [-0.15, -0.1) is 0 Å². The normalized spacial score (nSPS) is 13.0. The minimum atomic E-state index is -4.13. The lowest BCUT2D eigenvalue weighted by molar-refractivity contribution is -0.143. The maximum atomic E-state index is 12.6. The van der Waals surface area contributed by atoms with Gasteiger partial charge in [-0.2, -0.15) is 0 Å². The molecule has 1 aromatic carbocycles. The van der Waals surface area contributed by atoms with Gasteiger partial charge in [0.05, 0.1) is 10.8 Å². The van der Waals surface area contributed by atoms with E-state index in [1.54, 1.807) is 6.07 Å². The monoisotopic (exact) mass is 457 g/mol. The molecule has 1 aromatic rings. The quantitative estimate of drug-likeness (QED) is 0.334. The first-order valence-corrected chi connectivity index (χ1v) is 12.7. The molecule has 0 bridgehead atoms. The van der Waals surface area contributed by atoms with Crippen molar-refractivity contribution in [3.8, 4) is 0 Å². The van der Waals surface area contributed by atoms with E-state index >= 15 is 0 Å². The van der Waals surface area contributed by atoms with Gasteiger partial charge in [0.25, 0.3) is 0 Å². The summed E-state index contributed by atoms with van der Waals surface area (Å²) >= 11 is 0. The molecule has 2 atom stereocenters. The Labute approximate surface area is 187 Å². The summed E-state index contributed by atoms with van der Waals surface area (Å²) in [6.07, 6.45) is 5.74. The molecule has 0 radical (unpaired) electrons. The zero-order chi connectivity index (χ0) is 23.7. The van der Waals surface area contributed by atoms with Gasteiger partial charge in [0.15, 0.2) is 15.1 Å². The fourth-order valence-corrected chi connectivity index (χ4v) is 4.77. The van der Waals surface area contributed by atoms with Crippen molar-refractivity contribution in [1.29, 1.82) is 0 Å². The van der Waals surface area contributed by atoms with Crippen LogP contribution in [0.2, 0.25) is 0 Å². The number of carboxylic acid groups (broad SMARTS) is 2. The molecular formula is C23H39NO6S. The number of carboxylic acids is 2. The van der Waals surface area contributed by atoms with Gasteiger partial charge in [0.2, 0.25) is 0 Å². The second-order valence-corrected chi connectivity index (χ2v) is 9.60. The number of hydrogen-bond donors (Lipinski definition) is 3. The molecule has 0 amide bonds. The Balaban J connectivity index is 0.00000161. The van der Waals surface area contributed by atoms with Crippen molar-refractivity contribution < 1.29 is 28.2 Å². The molecule has 178 valence electrons. The van der Waals surface area contributed by atoms with Gasteiger partial charge in [-0.25, -0.2) is 8.42 Å². The third-order valence-electron chi connectivity index (χ3n) is 4.98. The topological polar surface area (TPSA) is 121 Å². The van der Waals surface area contributed by atoms with Crippen LogP contribution in [0.1, 0.15) is 72.1 Å². The minimum absolute atomic E-state index is 0.101. The van der Waals surface area contributed by atoms with Crippen LogP contribution in [0.5, 0.6) is 0 Å². The smallest absolute Gasteiger partial charge is 0.322 e. The first-order valence-electron chi connectivity index (χ1n) is 11.2. The van der Waals surface area contributed by atoms with E-state index < -0.39 is 39.4 Å². The van der Waals surface area contributed by atoms with Crippen LogP contribution in [-0.2, 0) is 19.4 Å². The van der Waals surface area contributed by atoms with Crippen molar-refractivity contribution in [2.24, 2.45) is 5.92 Å². The standard InChI is InChI=1S/C19H28O6S.C4H11N/c1-2-3-4-5-6-8-11-15(18(20)21)14-17(19(22)23)26(24,25)16-12-9-7-10-13-16;1-3-5-4-2/h7,9-10,12-13,15,17H,2-6,8,11,14H2,1H3,(H,20,21)(H,22,23);5H,3-4H2,1-2H3. The molecule has 1 rings (SSSR count). The van der Waals surface area contributed by atoms with Gasteiger partial charge >= 0.3 is 11.9 Å². The number of sulfone groups is 1. The van der Waals surface area contributed by atoms with E-state index in [0.717, 1.165) is 45.2 Å². The first-order chi connectivity index (χ1) is 14.7. The summed E-state index contributed by atoms with van der Waals surface area (Å²) in [6, 6.07) is 7.31. The van der Waals surface area contributed by atoms with Crippen molar-refractivity contribution in [1.82, 2.24) is 5.32 Å². The lowest BCUT2D eigenvalue weighted by Gasteiger charge is -2.18. The predicted molar refractivity (Wildman–Crippen MR) is 123 cm³/mol. The number of unbranched alkanes of at least 4 members (excludes halogenated alkanes) is 5. The van der Waals surface area contributed by atoms with Crippen LogP contribution in [0.3, 0.4) is 0 Å². The molecule has 0 fully saturated rings. The molecule has 31 heavy (non-hydrogen) atoms. The molecule has 0 saturated heterocycles. The van der Waals surface area contributed by atoms with E-state index in [1.165, 1.54) is 24.3 Å². The Bertz CT molecular complexity index is 719. The first kappa shape index (κ1) is 29.1. The number of benzene rings is 1. The predicted octanol–water partition coefficient (Wildman–Crippen LogP) is 4.37. The lowest BCUT2D eigenvalue weighted by atomic mass is 9.95. The van der Waals surface area contributed by atoms with Crippen LogP contribution in [0.4, 0.5) is 0 Å². The molecule has 0 heterocycles. The largest absolute Gasteiger partial charge is 0.481 e. The van der Waals surface area contributed by atoms with Gasteiger partial charge in [0, 0.05) is 0 Å². The molecule has 0 spiro atoms. The van der Waals surface area contributed by atoms with Crippen molar-refractivity contribution in [3.05, 3.63) is 30.3 Å². The van der Waals surface area contributed by atoms with E-state index in [4.69, 9.17) is 0 Å². The molecule has 8 heteroatoms. The number of carbonyl (C=O) groups is 2. The molecular weight excluding hydrogens is 418 g/mol. The number of nitrogens with one attached hydrogen (secondary N) is 1. The summed E-state index contributed by atoms with van der Waals surface area (Å²) in [6.45, 7) is 8.50. The van der Waals surface area contributed by atoms with E-state index in [2.05, 4.69) is 26.1 Å². The van der Waals surface area contributed by atoms with Gasteiger partial charge < -0.3 is 15.5 Å². The van der Waals surface area contributed by atoms with Crippen LogP contribution in [-0.4, -0.2) is 48.9 Å². The Kier molecular flexibility index (Phi) is 15.7. The summed E-state index contributed by atoms with van der Waals surface area (Å²) < 4.78 is 25.2. The summed E-state index contributed by atoms with van der Waals surface area (Å²) in [7, 11) is -4.13. The number of rotatable bonds is 15. The minimum Gasteiger partial charge on any atom is -0.481 e. The van der Waals surface area contributed by atoms with Crippen molar-refractivity contribution in [3.63, 3.8) is 0 Å². The molecule has 0 aliphatic rings. The van der Waals surface area contributed by atoms with Crippen LogP contribution in [0.15, 0.2) is 35.2 Å². The SMILES string of the molecule is CCCCCCCCC(CC(C(=O)O)S(=O)(=O)c1ccccc1)C(=O)O.CCNCC. The molecule has 0 aliphatic heterocycles. The summed E-state index contributed by atoms with van der Waals surface area (Å²) in [5, 5.41) is 20.1. The highest BCUT2D eigenvalue weighted by Gasteiger charge is 2.37. The Morgan fingerprint density at radius 2 is 1.42 bits per heavy atom. The second-order valence-electron chi connectivity index (χ2n) is 7.47. The molecule has 0 aliphatic carbocycles. The fraction of sp³-hybridized carbons (Fsp3) is 0.652. The highest BCUT2D eigenvalue weighted by atomic mass is 32.2. The fourth-order valence-electron chi connectivity index (χ4n) is 3.16. The highest BCUT2D eigenvalue weighted by molar-refractivity contribution is 7.92. The Morgan fingerprint density at radius 3 is 1.87 bits per heavy atom. The van der Waals surface area contributed by atoms with E-state index in [1.807, 2.05) is 0 Å². The van der Waals surface area contributed by atoms with Crippen LogP contribution in [0, 0.1) is 5.92 Å². The highest BCUT2D eigenvalue weighted by Crippen LogP contribution is 2.25. The van der Waals surface area contributed by atoms with Crippen molar-refractivity contribution >= 4 is 21.8 Å². The summed E-state index contributed by atoms with van der Waals surface area (Å²) in [5.74, 6) is -3.64. The van der Waals surface area contributed by atoms with Gasteiger partial charge in [-0.1, -0.05) is 77.5 Å². The molecule has 0 aromatic heterocycles. The summed E-state index contributed by atoms with van der Waals surface area (Å²) in [4.78, 5) is 23.0. The number of aliphatic carboxylic acids is 2. The maximum Gasteiger partial charge on any atom is 0.322 e. The van der Waals surface area contributed by atoms with Crippen molar-refractivity contribution in [2.45, 2.75) is 82.3 Å². The van der Waals surface area contributed by atoms with Gasteiger partial charge in [0.1, 0.15) is 0 Å².